The van der Waals surface area contributed by atoms with Crippen LogP contribution in [-0.2, 0) is 7.05 Å². The van der Waals surface area contributed by atoms with Crippen LogP contribution in [0.2, 0.25) is 0 Å². The zero-order chi connectivity index (χ0) is 14.1. The molecule has 0 spiro atoms. The minimum atomic E-state index is -0.202. The van der Waals surface area contributed by atoms with E-state index in [1.165, 1.54) is 0 Å². The van der Waals surface area contributed by atoms with E-state index in [4.69, 9.17) is 16.3 Å². The third-order valence-electron chi connectivity index (χ3n) is 3.51. The highest BCUT2D eigenvalue weighted by molar-refractivity contribution is 5.46. The maximum absolute atomic E-state index is 6.02. The second kappa shape index (κ2) is 5.15. The molecular weight excluding hydrogens is 254 g/mol. The number of hydrazine groups is 1. The molecule has 1 fully saturated rings. The number of hydrogen-bond acceptors (Lipinski definition) is 5. The second-order valence-electron chi connectivity index (χ2n) is 5.10. The molecule has 1 atom stereocenters. The molecule has 20 heavy (non-hydrogen) atoms. The van der Waals surface area contributed by atoms with Gasteiger partial charge in [0.2, 0.25) is 0 Å². The van der Waals surface area contributed by atoms with Gasteiger partial charge in [0.1, 0.15) is 11.6 Å². The van der Waals surface area contributed by atoms with Crippen molar-refractivity contribution in [3.8, 4) is 5.75 Å². The Morgan fingerprint density at radius 1 is 1.45 bits per heavy atom. The summed E-state index contributed by atoms with van der Waals surface area (Å²) in [6, 6.07) is 7.71. The van der Waals surface area contributed by atoms with Crippen LogP contribution in [0.15, 0.2) is 30.5 Å². The largest absolute Gasteiger partial charge is 0.490 e. The van der Waals surface area contributed by atoms with Crippen LogP contribution in [-0.4, -0.2) is 15.9 Å². The molecule has 1 heterocycles. The molecule has 0 aliphatic heterocycles. The fourth-order valence-corrected chi connectivity index (χ4v) is 2.20. The predicted octanol–water partition coefficient (Wildman–Crippen LogP) is 1.10. The number of hydrogen-bond donors (Lipinski definition) is 3. The fourth-order valence-electron chi connectivity index (χ4n) is 2.20. The average Bonchev–Trinajstić information content (AvgIpc) is 3.20. The van der Waals surface area contributed by atoms with Crippen LogP contribution in [0.3, 0.4) is 0 Å². The van der Waals surface area contributed by atoms with Crippen molar-refractivity contribution < 1.29 is 4.74 Å². The summed E-state index contributed by atoms with van der Waals surface area (Å²) >= 11 is 0. The van der Waals surface area contributed by atoms with E-state index in [0.717, 1.165) is 29.7 Å². The van der Waals surface area contributed by atoms with Crippen LogP contribution in [0.5, 0.6) is 5.75 Å². The number of anilines is 1. The van der Waals surface area contributed by atoms with Crippen LogP contribution in [0.1, 0.15) is 30.0 Å². The van der Waals surface area contributed by atoms with Gasteiger partial charge in [0.25, 0.3) is 0 Å². The molecule has 0 bridgehead atoms. The summed E-state index contributed by atoms with van der Waals surface area (Å²) in [7, 11) is 1.80. The molecule has 5 N–H and O–H groups in total. The van der Waals surface area contributed by atoms with Crippen molar-refractivity contribution in [3.05, 3.63) is 41.6 Å². The van der Waals surface area contributed by atoms with Crippen LogP contribution in [0, 0.1) is 0 Å². The first-order chi connectivity index (χ1) is 9.69. The first-order valence-corrected chi connectivity index (χ1v) is 6.69. The van der Waals surface area contributed by atoms with Crippen LogP contribution in [0.4, 0.5) is 5.82 Å². The van der Waals surface area contributed by atoms with Gasteiger partial charge in [-0.1, -0.05) is 12.1 Å². The van der Waals surface area contributed by atoms with E-state index < -0.39 is 0 Å². The molecular formula is C14H19N5O. The van der Waals surface area contributed by atoms with Gasteiger partial charge in [-0.3, -0.25) is 10.5 Å². The summed E-state index contributed by atoms with van der Waals surface area (Å²) in [5, 5.41) is 4.16. The lowest BCUT2D eigenvalue weighted by Gasteiger charge is -2.17. The highest BCUT2D eigenvalue weighted by Crippen LogP contribution is 2.31. The van der Waals surface area contributed by atoms with Crippen molar-refractivity contribution in [2.24, 2.45) is 12.9 Å². The molecule has 2 aromatic rings. The lowest BCUT2D eigenvalue weighted by atomic mass is 10.0. The molecule has 1 aromatic carbocycles. The average molecular weight is 273 g/mol. The minimum Gasteiger partial charge on any atom is -0.490 e. The Kier molecular flexibility index (Phi) is 3.33. The third kappa shape index (κ3) is 2.48. The molecule has 6 heteroatoms. The van der Waals surface area contributed by atoms with E-state index >= 15 is 0 Å². The summed E-state index contributed by atoms with van der Waals surface area (Å²) in [6.07, 6.45) is 4.38. The van der Waals surface area contributed by atoms with Gasteiger partial charge in [-0.2, -0.15) is 5.10 Å². The van der Waals surface area contributed by atoms with Crippen molar-refractivity contribution in [2.75, 3.05) is 5.73 Å². The number of nitrogen functional groups attached to an aromatic ring is 1. The highest BCUT2D eigenvalue weighted by atomic mass is 16.5. The summed E-state index contributed by atoms with van der Waals surface area (Å²) < 4.78 is 7.44. The van der Waals surface area contributed by atoms with E-state index in [-0.39, 0.29) is 6.04 Å². The Balaban J connectivity index is 1.90. The van der Waals surface area contributed by atoms with Crippen molar-refractivity contribution in [2.45, 2.75) is 25.0 Å². The smallest absolute Gasteiger partial charge is 0.126 e. The summed E-state index contributed by atoms with van der Waals surface area (Å²) in [6.45, 7) is 0. The topological polar surface area (TPSA) is 91.1 Å². The molecule has 1 saturated carbocycles. The highest BCUT2D eigenvalue weighted by Gasteiger charge is 2.24. The maximum atomic E-state index is 6.02. The van der Waals surface area contributed by atoms with Crippen LogP contribution < -0.4 is 21.7 Å². The van der Waals surface area contributed by atoms with Crippen molar-refractivity contribution in [1.82, 2.24) is 15.2 Å². The van der Waals surface area contributed by atoms with Crippen molar-refractivity contribution in [1.29, 1.82) is 0 Å². The van der Waals surface area contributed by atoms with Gasteiger partial charge < -0.3 is 10.5 Å². The Labute approximate surface area is 117 Å². The Bertz CT molecular complexity index is 605. The number of aromatic nitrogens is 2. The van der Waals surface area contributed by atoms with Gasteiger partial charge in [0.05, 0.1) is 18.3 Å². The van der Waals surface area contributed by atoms with Crippen molar-refractivity contribution >= 4 is 5.82 Å². The van der Waals surface area contributed by atoms with E-state index in [1.54, 1.807) is 17.9 Å². The first kappa shape index (κ1) is 13.0. The molecule has 1 aliphatic rings. The lowest BCUT2D eigenvalue weighted by Crippen LogP contribution is -2.29. The predicted molar refractivity (Wildman–Crippen MR) is 76.9 cm³/mol. The third-order valence-corrected chi connectivity index (χ3v) is 3.51. The monoisotopic (exact) mass is 273 g/mol. The van der Waals surface area contributed by atoms with Gasteiger partial charge in [-0.15, -0.1) is 0 Å². The van der Waals surface area contributed by atoms with Gasteiger partial charge in [-0.05, 0) is 30.5 Å². The second-order valence-corrected chi connectivity index (χ2v) is 5.10. The van der Waals surface area contributed by atoms with E-state index in [1.807, 2.05) is 24.3 Å². The molecule has 106 valence electrons. The Hall–Kier alpha value is -2.05. The number of nitrogens with zero attached hydrogens (tertiary/aromatic N) is 2. The molecule has 1 aliphatic carbocycles. The minimum absolute atomic E-state index is 0.202. The van der Waals surface area contributed by atoms with Crippen LogP contribution in [0.25, 0.3) is 0 Å². The number of rotatable bonds is 5. The molecule has 3 rings (SSSR count). The lowest BCUT2D eigenvalue weighted by molar-refractivity contribution is 0.302. The van der Waals surface area contributed by atoms with E-state index in [0.29, 0.717) is 11.9 Å². The van der Waals surface area contributed by atoms with E-state index in [2.05, 4.69) is 10.5 Å². The molecule has 1 unspecified atom stereocenters. The maximum Gasteiger partial charge on any atom is 0.126 e. The molecule has 1 aromatic heterocycles. The summed E-state index contributed by atoms with van der Waals surface area (Å²) in [5.74, 6) is 7.16. The Morgan fingerprint density at radius 2 is 2.25 bits per heavy atom. The zero-order valence-corrected chi connectivity index (χ0v) is 11.4. The quantitative estimate of drug-likeness (QED) is 0.560. The normalized spacial score (nSPS) is 16.1. The summed E-state index contributed by atoms with van der Waals surface area (Å²) in [4.78, 5) is 0. The molecule has 0 saturated heterocycles. The first-order valence-electron chi connectivity index (χ1n) is 6.69. The standard InChI is InChI=1S/C14H19N5O/c1-19-14(15)12(8-17-19)13(18-16)9-3-2-4-11(7-9)20-10-5-6-10/h2-4,7-8,10,13,18H,5-6,15-16H2,1H3. The SMILES string of the molecule is Cn1ncc(C(NN)c2cccc(OC3CC3)c2)c1N. The van der Waals surface area contributed by atoms with E-state index in [9.17, 15) is 0 Å². The van der Waals surface area contributed by atoms with Gasteiger partial charge in [0, 0.05) is 12.6 Å². The molecule has 0 radical (unpaired) electrons. The number of ether oxygens (including phenoxy) is 1. The van der Waals surface area contributed by atoms with Crippen molar-refractivity contribution in [3.63, 3.8) is 0 Å². The molecule has 6 nitrogen and oxygen atoms in total. The number of benzene rings is 1. The molecule has 0 amide bonds. The zero-order valence-electron chi connectivity index (χ0n) is 11.4. The number of nitrogens with one attached hydrogen (secondary N) is 1. The number of nitrogens with two attached hydrogens (primary N) is 2. The van der Waals surface area contributed by atoms with Gasteiger partial charge in [-0.25, -0.2) is 5.43 Å². The van der Waals surface area contributed by atoms with Gasteiger partial charge in [0.15, 0.2) is 0 Å². The Morgan fingerprint density at radius 3 is 2.85 bits per heavy atom. The van der Waals surface area contributed by atoms with Crippen LogP contribution >= 0.6 is 0 Å². The summed E-state index contributed by atoms with van der Waals surface area (Å²) in [5.41, 5.74) is 10.7. The number of aryl methyl sites for hydroxylation is 1. The van der Waals surface area contributed by atoms with Gasteiger partial charge >= 0.3 is 0 Å². The fraction of sp³-hybridized carbons (Fsp3) is 0.357.